The van der Waals surface area contributed by atoms with Gasteiger partial charge in [-0.1, -0.05) is 54.1 Å². The summed E-state index contributed by atoms with van der Waals surface area (Å²) in [6, 6.07) is 16.7. The molecule has 0 radical (unpaired) electrons. The standard InChI is InChI=1S/C16H18ClN/c1-12-7-3-5-9-15(12)13(2)18-11-14-8-4-6-10-16(14)17/h3-10,13,18H,11H2,1-2H3/t13-/m1/s1. The van der Waals surface area contributed by atoms with E-state index in [1.54, 1.807) is 0 Å². The highest BCUT2D eigenvalue weighted by Gasteiger charge is 2.07. The quantitative estimate of drug-likeness (QED) is 0.853. The first-order chi connectivity index (χ1) is 8.68. The average molecular weight is 260 g/mol. The van der Waals surface area contributed by atoms with Crippen LogP contribution in [0.15, 0.2) is 48.5 Å². The normalized spacial score (nSPS) is 12.4. The van der Waals surface area contributed by atoms with Crippen molar-refractivity contribution < 1.29 is 0 Å². The van der Waals surface area contributed by atoms with Gasteiger partial charge in [-0.15, -0.1) is 0 Å². The topological polar surface area (TPSA) is 12.0 Å². The molecule has 0 heterocycles. The number of hydrogen-bond acceptors (Lipinski definition) is 1. The van der Waals surface area contributed by atoms with E-state index in [1.165, 1.54) is 11.1 Å². The number of rotatable bonds is 4. The van der Waals surface area contributed by atoms with Crippen molar-refractivity contribution in [3.05, 3.63) is 70.2 Å². The summed E-state index contributed by atoms with van der Waals surface area (Å²) in [5.74, 6) is 0. The second kappa shape index (κ2) is 6.03. The van der Waals surface area contributed by atoms with Crippen LogP contribution in [0.3, 0.4) is 0 Å². The van der Waals surface area contributed by atoms with Crippen LogP contribution in [0.2, 0.25) is 5.02 Å². The molecule has 0 saturated carbocycles. The molecule has 1 nitrogen and oxygen atoms in total. The summed E-state index contributed by atoms with van der Waals surface area (Å²) in [5, 5.41) is 4.33. The first-order valence-corrected chi connectivity index (χ1v) is 6.58. The van der Waals surface area contributed by atoms with Crippen LogP contribution in [-0.4, -0.2) is 0 Å². The van der Waals surface area contributed by atoms with Gasteiger partial charge in [-0.3, -0.25) is 0 Å². The molecule has 18 heavy (non-hydrogen) atoms. The summed E-state index contributed by atoms with van der Waals surface area (Å²) in [6.45, 7) is 5.11. The van der Waals surface area contributed by atoms with Crippen molar-refractivity contribution in [2.24, 2.45) is 0 Å². The predicted molar refractivity (Wildman–Crippen MR) is 77.9 cm³/mol. The maximum absolute atomic E-state index is 6.14. The Kier molecular flexibility index (Phi) is 4.40. The van der Waals surface area contributed by atoms with E-state index in [1.807, 2.05) is 18.2 Å². The summed E-state index contributed by atoms with van der Waals surface area (Å²) in [7, 11) is 0. The Balaban J connectivity index is 2.03. The van der Waals surface area contributed by atoms with Crippen LogP contribution in [0.5, 0.6) is 0 Å². The Hall–Kier alpha value is -1.31. The molecule has 0 aromatic heterocycles. The molecule has 0 aliphatic heterocycles. The highest BCUT2D eigenvalue weighted by molar-refractivity contribution is 6.31. The van der Waals surface area contributed by atoms with E-state index in [-0.39, 0.29) is 0 Å². The fraction of sp³-hybridized carbons (Fsp3) is 0.250. The van der Waals surface area contributed by atoms with Crippen LogP contribution >= 0.6 is 11.6 Å². The van der Waals surface area contributed by atoms with Crippen LogP contribution in [0.25, 0.3) is 0 Å². The van der Waals surface area contributed by atoms with E-state index in [9.17, 15) is 0 Å². The van der Waals surface area contributed by atoms with Gasteiger partial charge in [0.05, 0.1) is 0 Å². The fourth-order valence-electron chi connectivity index (χ4n) is 2.09. The molecule has 2 aromatic carbocycles. The van der Waals surface area contributed by atoms with Gasteiger partial charge in [0.2, 0.25) is 0 Å². The van der Waals surface area contributed by atoms with E-state index >= 15 is 0 Å². The molecule has 1 atom stereocenters. The summed E-state index contributed by atoms with van der Waals surface area (Å²) in [5.41, 5.74) is 3.79. The Labute approximate surface area is 114 Å². The minimum Gasteiger partial charge on any atom is -0.306 e. The lowest BCUT2D eigenvalue weighted by Gasteiger charge is -2.17. The zero-order valence-electron chi connectivity index (χ0n) is 10.8. The minimum atomic E-state index is 0.322. The second-order valence-electron chi connectivity index (χ2n) is 4.55. The van der Waals surface area contributed by atoms with E-state index in [4.69, 9.17) is 11.6 Å². The SMILES string of the molecule is Cc1ccccc1[C@@H](C)NCc1ccccc1Cl. The molecule has 0 aliphatic carbocycles. The molecule has 0 bridgehead atoms. The largest absolute Gasteiger partial charge is 0.306 e. The lowest BCUT2D eigenvalue weighted by molar-refractivity contribution is 0.572. The molecule has 0 amide bonds. The first kappa shape index (κ1) is 13.1. The molecule has 2 rings (SSSR count). The number of hydrogen-bond donors (Lipinski definition) is 1. The Morgan fingerprint density at radius 1 is 1.06 bits per heavy atom. The van der Waals surface area contributed by atoms with E-state index in [0.29, 0.717) is 6.04 Å². The summed E-state index contributed by atoms with van der Waals surface area (Å²) in [4.78, 5) is 0. The Morgan fingerprint density at radius 2 is 1.72 bits per heavy atom. The van der Waals surface area contributed by atoms with Gasteiger partial charge in [-0.2, -0.15) is 0 Å². The van der Waals surface area contributed by atoms with Crippen molar-refractivity contribution in [1.29, 1.82) is 0 Å². The zero-order valence-corrected chi connectivity index (χ0v) is 11.5. The highest BCUT2D eigenvalue weighted by Crippen LogP contribution is 2.19. The molecular formula is C16H18ClN. The van der Waals surface area contributed by atoms with Crippen LogP contribution in [0.1, 0.15) is 29.7 Å². The third kappa shape index (κ3) is 3.12. The smallest absolute Gasteiger partial charge is 0.0450 e. The van der Waals surface area contributed by atoms with Gasteiger partial charge in [0.15, 0.2) is 0 Å². The van der Waals surface area contributed by atoms with Crippen molar-refractivity contribution >= 4 is 11.6 Å². The molecule has 0 unspecified atom stereocenters. The lowest BCUT2D eigenvalue weighted by Crippen LogP contribution is -2.19. The second-order valence-corrected chi connectivity index (χ2v) is 4.96. The van der Waals surface area contributed by atoms with Crippen LogP contribution < -0.4 is 5.32 Å². The van der Waals surface area contributed by atoms with Crippen molar-refractivity contribution in [3.8, 4) is 0 Å². The number of benzene rings is 2. The minimum absolute atomic E-state index is 0.322. The van der Waals surface area contributed by atoms with Gasteiger partial charge in [0.1, 0.15) is 0 Å². The fourth-order valence-corrected chi connectivity index (χ4v) is 2.29. The molecule has 1 N–H and O–H groups in total. The Morgan fingerprint density at radius 3 is 2.44 bits per heavy atom. The monoisotopic (exact) mass is 259 g/mol. The van der Waals surface area contributed by atoms with Crippen molar-refractivity contribution in [2.75, 3.05) is 0 Å². The molecule has 0 spiro atoms. The van der Waals surface area contributed by atoms with Gasteiger partial charge >= 0.3 is 0 Å². The van der Waals surface area contributed by atoms with Crippen molar-refractivity contribution in [1.82, 2.24) is 5.32 Å². The lowest BCUT2D eigenvalue weighted by atomic mass is 10.0. The van der Waals surface area contributed by atoms with Gasteiger partial charge < -0.3 is 5.32 Å². The van der Waals surface area contributed by atoms with Crippen LogP contribution in [-0.2, 0) is 6.54 Å². The molecular weight excluding hydrogens is 242 g/mol. The number of halogens is 1. The molecule has 0 saturated heterocycles. The van der Waals surface area contributed by atoms with E-state index in [0.717, 1.165) is 17.1 Å². The van der Waals surface area contributed by atoms with E-state index in [2.05, 4.69) is 49.5 Å². The van der Waals surface area contributed by atoms with Crippen LogP contribution in [0.4, 0.5) is 0 Å². The van der Waals surface area contributed by atoms with Crippen molar-refractivity contribution in [3.63, 3.8) is 0 Å². The third-order valence-electron chi connectivity index (χ3n) is 3.21. The Bertz CT molecular complexity index is 522. The predicted octanol–water partition coefficient (Wildman–Crippen LogP) is 4.50. The highest BCUT2D eigenvalue weighted by atomic mass is 35.5. The number of nitrogens with one attached hydrogen (secondary N) is 1. The summed E-state index contributed by atoms with van der Waals surface area (Å²) in [6.07, 6.45) is 0. The average Bonchev–Trinajstić information content (AvgIpc) is 2.38. The van der Waals surface area contributed by atoms with Gasteiger partial charge in [-0.25, -0.2) is 0 Å². The molecule has 0 aliphatic rings. The van der Waals surface area contributed by atoms with Crippen molar-refractivity contribution in [2.45, 2.75) is 26.4 Å². The maximum atomic E-state index is 6.14. The van der Waals surface area contributed by atoms with Crippen LogP contribution in [0, 0.1) is 6.92 Å². The zero-order chi connectivity index (χ0) is 13.0. The van der Waals surface area contributed by atoms with Gasteiger partial charge in [0.25, 0.3) is 0 Å². The summed E-state index contributed by atoms with van der Waals surface area (Å²) < 4.78 is 0. The third-order valence-corrected chi connectivity index (χ3v) is 3.58. The van der Waals surface area contributed by atoms with Gasteiger partial charge in [-0.05, 0) is 36.6 Å². The summed E-state index contributed by atoms with van der Waals surface area (Å²) >= 11 is 6.14. The molecule has 0 fully saturated rings. The van der Waals surface area contributed by atoms with Gasteiger partial charge in [0, 0.05) is 17.6 Å². The number of aryl methyl sites for hydroxylation is 1. The maximum Gasteiger partial charge on any atom is 0.0450 e. The molecule has 2 aromatic rings. The molecule has 94 valence electrons. The van der Waals surface area contributed by atoms with E-state index < -0.39 is 0 Å². The first-order valence-electron chi connectivity index (χ1n) is 6.21. The molecule has 2 heteroatoms.